The molecule has 0 saturated heterocycles. The van der Waals surface area contributed by atoms with Crippen LogP contribution in [0.3, 0.4) is 0 Å². The third-order valence-corrected chi connectivity index (χ3v) is 6.35. The van der Waals surface area contributed by atoms with E-state index in [1.165, 1.54) is 35.2 Å². The first-order chi connectivity index (χ1) is 16.4. The van der Waals surface area contributed by atoms with Gasteiger partial charge in [0.05, 0.1) is 10.5 Å². The first kappa shape index (κ1) is 23.1. The molecule has 1 N–H and O–H groups in total. The number of carbonyl (C=O) groups is 2. The lowest BCUT2D eigenvalue weighted by Gasteiger charge is -2.08. The minimum Gasteiger partial charge on any atom is -0.452 e. The lowest BCUT2D eigenvalue weighted by atomic mass is 10.2. The predicted molar refractivity (Wildman–Crippen MR) is 123 cm³/mol. The number of hydrogen-bond acceptors (Lipinski definition) is 11. The highest BCUT2D eigenvalue weighted by molar-refractivity contribution is 8.01. The van der Waals surface area contributed by atoms with Gasteiger partial charge in [-0.15, -0.1) is 16.4 Å². The van der Waals surface area contributed by atoms with E-state index in [-0.39, 0.29) is 23.2 Å². The van der Waals surface area contributed by atoms with E-state index >= 15 is 0 Å². The van der Waals surface area contributed by atoms with Crippen LogP contribution in [0.25, 0.3) is 11.5 Å². The third kappa shape index (κ3) is 5.63. The second-order valence-corrected chi connectivity index (χ2v) is 8.84. The Kier molecular flexibility index (Phi) is 6.94. The van der Waals surface area contributed by atoms with Crippen molar-refractivity contribution >= 4 is 46.7 Å². The number of nitro benzene ring substituents is 1. The summed E-state index contributed by atoms with van der Waals surface area (Å²) >= 11 is 2.55. The van der Waals surface area contributed by atoms with E-state index in [1.54, 1.807) is 24.3 Å². The van der Waals surface area contributed by atoms with Crippen molar-refractivity contribution in [2.75, 3.05) is 11.9 Å². The SMILES string of the molecule is Cc1csc(Sc2ccc([N+](=O)[O-])cc2C(=O)OCC(=O)Nc2nnc(-c3ccccc3)o2)n1. The lowest BCUT2D eigenvalue weighted by Crippen LogP contribution is -2.21. The normalized spacial score (nSPS) is 10.6. The number of amides is 1. The van der Waals surface area contributed by atoms with Crippen LogP contribution in [-0.4, -0.2) is 38.6 Å². The first-order valence-corrected chi connectivity index (χ1v) is 11.3. The molecule has 34 heavy (non-hydrogen) atoms. The standard InChI is InChI=1S/C21H15N5O6S2/c1-12-11-33-21(22-12)34-16-8-7-14(26(29)30)9-15(16)19(28)31-10-17(27)23-20-25-24-18(32-20)13-5-3-2-4-6-13/h2-9,11H,10H2,1H3,(H,23,25,27). The van der Waals surface area contributed by atoms with Crippen LogP contribution in [0.5, 0.6) is 0 Å². The molecule has 0 aliphatic heterocycles. The molecule has 1 amide bonds. The van der Waals surface area contributed by atoms with Gasteiger partial charge in [-0.05, 0) is 25.1 Å². The van der Waals surface area contributed by atoms with Crippen molar-refractivity contribution < 1.29 is 23.7 Å². The van der Waals surface area contributed by atoms with Crippen molar-refractivity contribution in [2.24, 2.45) is 0 Å². The fourth-order valence-electron chi connectivity index (χ4n) is 2.69. The number of benzene rings is 2. The zero-order chi connectivity index (χ0) is 24.1. The summed E-state index contributed by atoms with van der Waals surface area (Å²) < 4.78 is 11.1. The van der Waals surface area contributed by atoms with Gasteiger partial charge in [-0.25, -0.2) is 9.78 Å². The van der Waals surface area contributed by atoms with E-state index in [2.05, 4.69) is 20.5 Å². The second kappa shape index (κ2) is 10.2. The molecule has 0 unspecified atom stereocenters. The fraction of sp³-hybridized carbons (Fsp3) is 0.0952. The highest BCUT2D eigenvalue weighted by atomic mass is 32.2. The Morgan fingerprint density at radius 1 is 1.21 bits per heavy atom. The van der Waals surface area contributed by atoms with E-state index in [4.69, 9.17) is 9.15 Å². The fourth-order valence-corrected chi connectivity index (χ4v) is 4.58. The van der Waals surface area contributed by atoms with E-state index in [0.29, 0.717) is 14.8 Å². The molecule has 11 nitrogen and oxygen atoms in total. The smallest absolute Gasteiger partial charge is 0.340 e. The molecule has 0 fully saturated rings. The van der Waals surface area contributed by atoms with Crippen molar-refractivity contribution in [1.82, 2.24) is 15.2 Å². The lowest BCUT2D eigenvalue weighted by molar-refractivity contribution is -0.384. The number of non-ortho nitro benzene ring substituents is 1. The average molecular weight is 498 g/mol. The molecular weight excluding hydrogens is 482 g/mol. The maximum atomic E-state index is 12.7. The van der Waals surface area contributed by atoms with Crippen LogP contribution in [0.2, 0.25) is 0 Å². The largest absolute Gasteiger partial charge is 0.452 e. The van der Waals surface area contributed by atoms with Gasteiger partial charge in [0.15, 0.2) is 10.9 Å². The van der Waals surface area contributed by atoms with Crippen LogP contribution in [0.1, 0.15) is 16.1 Å². The van der Waals surface area contributed by atoms with E-state index in [1.807, 2.05) is 18.4 Å². The highest BCUT2D eigenvalue weighted by Gasteiger charge is 2.21. The molecule has 0 spiro atoms. The summed E-state index contributed by atoms with van der Waals surface area (Å²) in [7, 11) is 0. The first-order valence-electron chi connectivity index (χ1n) is 9.63. The molecule has 4 rings (SSSR count). The van der Waals surface area contributed by atoms with Crippen LogP contribution in [-0.2, 0) is 9.53 Å². The molecule has 4 aromatic rings. The topological polar surface area (TPSA) is 150 Å². The van der Waals surface area contributed by atoms with Gasteiger partial charge >= 0.3 is 12.0 Å². The zero-order valence-electron chi connectivity index (χ0n) is 17.5. The average Bonchev–Trinajstić information content (AvgIpc) is 3.47. The Morgan fingerprint density at radius 3 is 2.71 bits per heavy atom. The minimum absolute atomic E-state index is 0.0518. The molecule has 13 heteroatoms. The van der Waals surface area contributed by atoms with Crippen molar-refractivity contribution in [1.29, 1.82) is 0 Å². The molecular formula is C21H15N5O6S2. The highest BCUT2D eigenvalue weighted by Crippen LogP contribution is 2.34. The Bertz CT molecular complexity index is 1350. The van der Waals surface area contributed by atoms with Crippen LogP contribution in [0.4, 0.5) is 11.7 Å². The molecule has 2 heterocycles. The minimum atomic E-state index is -0.898. The summed E-state index contributed by atoms with van der Waals surface area (Å²) in [4.78, 5) is 40.2. The number of nitro groups is 1. The van der Waals surface area contributed by atoms with E-state index in [0.717, 1.165) is 11.8 Å². The molecule has 2 aromatic heterocycles. The van der Waals surface area contributed by atoms with Crippen LogP contribution < -0.4 is 5.32 Å². The van der Waals surface area contributed by atoms with Gasteiger partial charge in [0.2, 0.25) is 5.89 Å². The number of aryl methyl sites for hydroxylation is 1. The van der Waals surface area contributed by atoms with Gasteiger partial charge in [0, 0.05) is 33.7 Å². The summed E-state index contributed by atoms with van der Waals surface area (Å²) in [6, 6.07) is 12.6. The Hall–Kier alpha value is -4.10. The predicted octanol–water partition coefficient (Wildman–Crippen LogP) is 4.36. The summed E-state index contributed by atoms with van der Waals surface area (Å²) in [5, 5.41) is 23.0. The monoisotopic (exact) mass is 497 g/mol. The Balaban J connectivity index is 1.42. The van der Waals surface area contributed by atoms with Gasteiger partial charge in [0.25, 0.3) is 11.6 Å². The summed E-state index contributed by atoms with van der Waals surface area (Å²) in [5.41, 5.74) is 1.15. The van der Waals surface area contributed by atoms with Crippen molar-refractivity contribution in [3.8, 4) is 11.5 Å². The van der Waals surface area contributed by atoms with E-state index in [9.17, 15) is 19.7 Å². The zero-order valence-corrected chi connectivity index (χ0v) is 19.1. The van der Waals surface area contributed by atoms with Crippen molar-refractivity contribution in [2.45, 2.75) is 16.2 Å². The van der Waals surface area contributed by atoms with Gasteiger partial charge in [0.1, 0.15) is 0 Å². The molecule has 2 aromatic carbocycles. The quantitative estimate of drug-likeness (QED) is 0.211. The van der Waals surface area contributed by atoms with Gasteiger partial charge in [-0.3, -0.25) is 20.2 Å². The molecule has 0 radical (unpaired) electrons. The number of nitrogens with zero attached hydrogens (tertiary/aromatic N) is 4. The number of nitrogens with one attached hydrogen (secondary N) is 1. The summed E-state index contributed by atoms with van der Waals surface area (Å²) in [6.45, 7) is 1.17. The molecule has 0 atom stereocenters. The number of carbonyl (C=O) groups excluding carboxylic acids is 2. The third-order valence-electron chi connectivity index (χ3n) is 4.22. The number of thiazole rings is 1. The van der Waals surface area contributed by atoms with Gasteiger partial charge in [-0.1, -0.05) is 35.1 Å². The maximum Gasteiger partial charge on any atom is 0.340 e. The van der Waals surface area contributed by atoms with Gasteiger partial charge < -0.3 is 9.15 Å². The Morgan fingerprint density at radius 2 is 2.00 bits per heavy atom. The van der Waals surface area contributed by atoms with Crippen LogP contribution in [0, 0.1) is 17.0 Å². The van der Waals surface area contributed by atoms with Crippen LogP contribution >= 0.6 is 23.1 Å². The van der Waals surface area contributed by atoms with Gasteiger partial charge in [-0.2, -0.15) is 0 Å². The number of ether oxygens (including phenoxy) is 1. The van der Waals surface area contributed by atoms with Crippen molar-refractivity contribution in [3.05, 3.63) is 75.3 Å². The number of rotatable bonds is 8. The summed E-state index contributed by atoms with van der Waals surface area (Å²) in [6.07, 6.45) is 0. The number of anilines is 1. The Labute approximate surface area is 200 Å². The molecule has 172 valence electrons. The molecule has 0 aliphatic rings. The molecule has 0 aliphatic carbocycles. The second-order valence-electron chi connectivity index (χ2n) is 6.70. The number of hydrogen-bond donors (Lipinski definition) is 1. The number of aromatic nitrogens is 3. The van der Waals surface area contributed by atoms with E-state index < -0.39 is 23.4 Å². The van der Waals surface area contributed by atoms with Crippen LogP contribution in [0.15, 0.2) is 67.6 Å². The molecule has 0 bridgehead atoms. The maximum absolute atomic E-state index is 12.7. The summed E-state index contributed by atoms with van der Waals surface area (Å²) in [5.74, 6) is -1.40. The molecule has 0 saturated carbocycles. The van der Waals surface area contributed by atoms with Crippen molar-refractivity contribution in [3.63, 3.8) is 0 Å². The number of esters is 1.